The molecule has 8 nitrogen and oxygen atoms in total. The summed E-state index contributed by atoms with van der Waals surface area (Å²) in [5.41, 5.74) is -0.297. The number of ether oxygens (including phenoxy) is 1. The first-order valence-electron chi connectivity index (χ1n) is 14.4. The minimum atomic E-state index is -5.25. The van der Waals surface area contributed by atoms with Crippen LogP contribution in [0.4, 0.5) is 17.1 Å². The van der Waals surface area contributed by atoms with Crippen LogP contribution in [0.2, 0.25) is 0 Å². The third kappa shape index (κ3) is 13.7. The summed E-state index contributed by atoms with van der Waals surface area (Å²) in [6, 6.07) is 3.11. The molecule has 1 N–H and O–H groups in total. The number of amides is 2. The number of alkyl halides is 3. The zero-order valence-corrected chi connectivity index (χ0v) is 24.4. The van der Waals surface area contributed by atoms with Crippen LogP contribution in [0.15, 0.2) is 28.2 Å². The van der Waals surface area contributed by atoms with E-state index in [1.165, 1.54) is 70.3 Å². The van der Waals surface area contributed by atoms with Gasteiger partial charge in [-0.25, -0.2) is 5.01 Å². The summed E-state index contributed by atoms with van der Waals surface area (Å²) in [4.78, 5) is 23.4. The molecule has 0 spiro atoms. The quantitative estimate of drug-likeness (QED) is 0.103. The van der Waals surface area contributed by atoms with Crippen molar-refractivity contribution >= 4 is 27.9 Å². The van der Waals surface area contributed by atoms with Crippen LogP contribution in [0.3, 0.4) is 0 Å². The summed E-state index contributed by atoms with van der Waals surface area (Å²) in [7, 11) is -5.25. The first kappa shape index (κ1) is 34.5. The summed E-state index contributed by atoms with van der Waals surface area (Å²) in [6.07, 6.45) is 11.2. The molecule has 0 fully saturated rings. The number of benzene rings is 1. The molecule has 0 atom stereocenters. The lowest BCUT2D eigenvalue weighted by molar-refractivity contribution is -0.159. The third-order valence-corrected chi connectivity index (χ3v) is 7.50. The van der Waals surface area contributed by atoms with E-state index in [-0.39, 0.29) is 28.8 Å². The molecule has 1 aliphatic rings. The predicted molar refractivity (Wildman–Crippen MR) is 148 cm³/mol. The molecule has 1 aromatic rings. The van der Waals surface area contributed by atoms with Crippen LogP contribution in [0.25, 0.3) is 0 Å². The minimum Gasteiger partial charge on any atom is -0.492 e. The Balaban J connectivity index is 1.74. The molecule has 0 saturated heterocycles. The number of amidine groups is 1. The summed E-state index contributed by atoms with van der Waals surface area (Å²) in [5.74, 6) is -2.51. The van der Waals surface area contributed by atoms with E-state index in [2.05, 4.69) is 17.3 Å². The molecule has 232 valence electrons. The van der Waals surface area contributed by atoms with Crippen molar-refractivity contribution in [2.24, 2.45) is 5.10 Å². The molecular weight excluding hydrogens is 566 g/mol. The Hall–Kier alpha value is -2.70. The van der Waals surface area contributed by atoms with Crippen LogP contribution in [0.5, 0.6) is 5.75 Å². The molecule has 0 aliphatic carbocycles. The lowest BCUT2D eigenvalue weighted by Gasteiger charge is -2.13. The van der Waals surface area contributed by atoms with Crippen molar-refractivity contribution in [3.63, 3.8) is 0 Å². The van der Waals surface area contributed by atoms with Gasteiger partial charge in [-0.15, -0.1) is 3.89 Å². The van der Waals surface area contributed by atoms with Gasteiger partial charge >= 0.3 is 16.4 Å². The van der Waals surface area contributed by atoms with Crippen LogP contribution in [-0.4, -0.2) is 50.4 Å². The van der Waals surface area contributed by atoms with Crippen LogP contribution < -0.4 is 10.1 Å². The van der Waals surface area contributed by atoms with Gasteiger partial charge in [-0.3, -0.25) is 9.59 Å². The highest BCUT2D eigenvalue weighted by Gasteiger charge is 2.36. The van der Waals surface area contributed by atoms with E-state index < -0.39 is 46.1 Å². The van der Waals surface area contributed by atoms with Crippen molar-refractivity contribution < 1.29 is 39.8 Å². The van der Waals surface area contributed by atoms with Gasteiger partial charge < -0.3 is 10.1 Å². The van der Waals surface area contributed by atoms with Crippen molar-refractivity contribution in [2.45, 2.75) is 114 Å². The van der Waals surface area contributed by atoms with Crippen molar-refractivity contribution in [3.8, 4) is 5.75 Å². The summed E-state index contributed by atoms with van der Waals surface area (Å²) >= 11 is 0. The normalized spacial score (nSPS) is 13.9. The third-order valence-electron chi connectivity index (χ3n) is 6.66. The van der Waals surface area contributed by atoms with Crippen molar-refractivity contribution in [1.29, 1.82) is 0 Å². The van der Waals surface area contributed by atoms with Crippen molar-refractivity contribution in [1.82, 2.24) is 10.3 Å². The second-order valence-electron chi connectivity index (χ2n) is 10.3. The van der Waals surface area contributed by atoms with Gasteiger partial charge in [0, 0.05) is 5.56 Å². The van der Waals surface area contributed by atoms with Gasteiger partial charge in [0.15, 0.2) is 0 Å². The molecule has 1 aliphatic heterocycles. The zero-order valence-electron chi connectivity index (χ0n) is 23.6. The van der Waals surface area contributed by atoms with Crippen molar-refractivity contribution in [3.05, 3.63) is 23.8 Å². The average molecular weight is 608 g/mol. The van der Waals surface area contributed by atoms with Gasteiger partial charge in [0.25, 0.3) is 11.8 Å². The highest BCUT2D eigenvalue weighted by Crippen LogP contribution is 2.28. The molecule has 2 rings (SSSR count). The molecule has 0 aromatic heterocycles. The zero-order chi connectivity index (χ0) is 30.3. The van der Waals surface area contributed by atoms with Crippen LogP contribution in [-0.2, 0) is 15.0 Å². The summed E-state index contributed by atoms with van der Waals surface area (Å²) < 4.78 is 80.4. The average Bonchev–Trinajstić information content (AvgIpc) is 3.22. The van der Waals surface area contributed by atoms with Gasteiger partial charge in [-0.1, -0.05) is 90.4 Å². The number of halogens is 4. The number of rotatable bonds is 19. The van der Waals surface area contributed by atoms with E-state index in [1.807, 2.05) is 0 Å². The number of unbranched alkanes of at least 4 members (excludes halogenated alkanes) is 13. The number of carbonyl (C=O) groups is 2. The Kier molecular flexibility index (Phi) is 14.6. The number of hydrogen-bond acceptors (Lipinski definition) is 6. The van der Waals surface area contributed by atoms with Gasteiger partial charge in [-0.2, -0.15) is 26.7 Å². The van der Waals surface area contributed by atoms with Gasteiger partial charge in [0.05, 0.1) is 13.0 Å². The topological polar surface area (TPSA) is 105 Å². The first-order valence-corrected chi connectivity index (χ1v) is 15.8. The fourth-order valence-corrected chi connectivity index (χ4v) is 5.11. The van der Waals surface area contributed by atoms with E-state index in [1.54, 1.807) is 0 Å². The Morgan fingerprint density at radius 3 is 2.00 bits per heavy atom. The van der Waals surface area contributed by atoms with E-state index >= 15 is 0 Å². The molecule has 0 unspecified atom stereocenters. The molecule has 13 heteroatoms. The van der Waals surface area contributed by atoms with E-state index in [9.17, 15) is 35.1 Å². The van der Waals surface area contributed by atoms with E-state index in [0.717, 1.165) is 31.4 Å². The molecule has 0 saturated carbocycles. The first-order chi connectivity index (χ1) is 19.4. The van der Waals surface area contributed by atoms with Gasteiger partial charge in [-0.05, 0) is 24.6 Å². The predicted octanol–water partition coefficient (Wildman–Crippen LogP) is 7.04. The number of hydrogen-bond donors (Lipinski definition) is 1. The Labute approximate surface area is 240 Å². The Morgan fingerprint density at radius 2 is 1.49 bits per heavy atom. The number of hydrazone groups is 1. The number of nitrogens with one attached hydrogen (secondary N) is 1. The number of carbonyl (C=O) groups excluding carboxylic acids is 2. The smallest absolute Gasteiger partial charge is 0.408 e. The second-order valence-corrected chi connectivity index (χ2v) is 11.6. The molecule has 41 heavy (non-hydrogen) atoms. The fourth-order valence-electron chi connectivity index (χ4n) is 4.47. The second kappa shape index (κ2) is 17.3. The minimum absolute atomic E-state index is 0.167. The molecule has 0 radical (unpaired) electrons. The SMILES string of the molecule is CCCCCCCCCCCCCCCCOc1ccc(C(=O)NC2=NN(CC(F)(F)F)C(=O)C2)cc1S(=O)(=O)F. The molecule has 2 amide bonds. The standard InChI is InChI=1S/C28H41F4N3O5S/c1-2-3-4-5-6-7-8-9-10-11-12-13-14-15-18-40-23-17-16-22(19-24(23)41(32,38)39)27(37)33-25-20-26(36)35(34-25)21-28(29,30)31/h16-17,19H,2-15,18,20-21H2,1H3,(H,33,34,37). The maximum absolute atomic E-state index is 14.0. The van der Waals surface area contributed by atoms with Crippen LogP contribution >= 0.6 is 0 Å². The van der Waals surface area contributed by atoms with Gasteiger partial charge in [0.2, 0.25) is 0 Å². The maximum atomic E-state index is 14.0. The highest BCUT2D eigenvalue weighted by atomic mass is 32.3. The summed E-state index contributed by atoms with van der Waals surface area (Å²) in [5, 5.41) is 5.79. The lowest BCUT2D eigenvalue weighted by atomic mass is 10.0. The molecule has 1 aromatic carbocycles. The highest BCUT2D eigenvalue weighted by molar-refractivity contribution is 7.86. The molecule has 0 bridgehead atoms. The fraction of sp³-hybridized carbons (Fsp3) is 0.679. The summed E-state index contributed by atoms with van der Waals surface area (Å²) in [6.45, 7) is 0.776. The largest absolute Gasteiger partial charge is 0.492 e. The Morgan fingerprint density at radius 1 is 0.951 bits per heavy atom. The lowest BCUT2D eigenvalue weighted by Crippen LogP contribution is -2.32. The number of nitrogens with zero attached hydrogens (tertiary/aromatic N) is 2. The molecular formula is C28H41F4N3O5S. The van der Waals surface area contributed by atoms with Gasteiger partial charge in [0.1, 0.15) is 23.0 Å². The maximum Gasteiger partial charge on any atom is 0.408 e. The monoisotopic (exact) mass is 607 g/mol. The van der Waals surface area contributed by atoms with E-state index in [0.29, 0.717) is 6.42 Å². The van der Waals surface area contributed by atoms with Crippen LogP contribution in [0, 0.1) is 0 Å². The van der Waals surface area contributed by atoms with E-state index in [4.69, 9.17) is 4.74 Å². The van der Waals surface area contributed by atoms with Crippen LogP contribution in [0.1, 0.15) is 114 Å². The van der Waals surface area contributed by atoms with Crippen molar-refractivity contribution in [2.75, 3.05) is 13.2 Å². The Bertz CT molecular complexity index is 1130. The molecule has 1 heterocycles.